The molecule has 0 saturated heterocycles. The van der Waals surface area contributed by atoms with Crippen molar-refractivity contribution >= 4 is 18.3 Å². The minimum absolute atomic E-state index is 0. The van der Waals surface area contributed by atoms with E-state index in [0.29, 0.717) is 5.92 Å². The second-order valence-corrected chi connectivity index (χ2v) is 6.28. The molecule has 0 aromatic heterocycles. The Hall–Kier alpha value is -1.06. The molecule has 2 aliphatic rings. The van der Waals surface area contributed by atoms with Crippen molar-refractivity contribution in [1.82, 2.24) is 10.2 Å². The minimum Gasteiger partial charge on any atom is -0.341 e. The van der Waals surface area contributed by atoms with Crippen LogP contribution in [0.5, 0.6) is 0 Å². The first-order valence-electron chi connectivity index (χ1n) is 7.82. The van der Waals surface area contributed by atoms with Crippen molar-refractivity contribution < 1.29 is 4.79 Å². The van der Waals surface area contributed by atoms with Crippen molar-refractivity contribution in [3.05, 3.63) is 34.9 Å². The smallest absolute Gasteiger partial charge is 0.253 e. The normalized spacial score (nSPS) is 18.0. The van der Waals surface area contributed by atoms with E-state index < -0.39 is 0 Å². The molecule has 0 radical (unpaired) electrons. The number of hydrogen-bond acceptors (Lipinski definition) is 2. The number of benzene rings is 1. The molecule has 3 rings (SSSR count). The average Bonchev–Trinajstić information content (AvgIpc) is 2.94. The summed E-state index contributed by atoms with van der Waals surface area (Å²) in [6, 6.07) is 6.14. The van der Waals surface area contributed by atoms with Gasteiger partial charge in [0.15, 0.2) is 0 Å². The van der Waals surface area contributed by atoms with Crippen LogP contribution in [0.1, 0.15) is 53.6 Å². The topological polar surface area (TPSA) is 32.3 Å². The van der Waals surface area contributed by atoms with Crippen LogP contribution in [-0.2, 0) is 13.1 Å². The molecule has 1 aliphatic heterocycles. The Morgan fingerprint density at radius 1 is 1.19 bits per heavy atom. The van der Waals surface area contributed by atoms with E-state index in [0.717, 1.165) is 25.2 Å². The highest BCUT2D eigenvalue weighted by Gasteiger charge is 2.20. The Bertz CT molecular complexity index is 498. The van der Waals surface area contributed by atoms with Crippen molar-refractivity contribution in [2.45, 2.75) is 45.2 Å². The number of halogens is 1. The Morgan fingerprint density at radius 3 is 2.67 bits per heavy atom. The largest absolute Gasteiger partial charge is 0.341 e. The van der Waals surface area contributed by atoms with Crippen molar-refractivity contribution in [2.24, 2.45) is 5.92 Å². The van der Waals surface area contributed by atoms with Gasteiger partial charge in [0, 0.05) is 32.2 Å². The Balaban J connectivity index is 0.00000161. The van der Waals surface area contributed by atoms with Crippen LogP contribution in [0, 0.1) is 5.92 Å². The molecule has 0 bridgehead atoms. The summed E-state index contributed by atoms with van der Waals surface area (Å²) < 4.78 is 0. The molecule has 0 atom stereocenters. The molecule has 0 unspecified atom stereocenters. The lowest BCUT2D eigenvalue weighted by atomic mass is 9.89. The lowest BCUT2D eigenvalue weighted by Crippen LogP contribution is -2.32. The molecule has 1 saturated carbocycles. The number of hydrogen-bond donors (Lipinski definition) is 1. The third-order valence-electron chi connectivity index (χ3n) is 4.69. The van der Waals surface area contributed by atoms with Gasteiger partial charge in [-0.1, -0.05) is 25.3 Å². The third-order valence-corrected chi connectivity index (χ3v) is 4.69. The van der Waals surface area contributed by atoms with Crippen LogP contribution in [0.4, 0.5) is 0 Å². The van der Waals surface area contributed by atoms with Crippen molar-refractivity contribution in [1.29, 1.82) is 0 Å². The standard InChI is InChI=1S/C17H24N2O.ClH/c1-19(12-13-5-3-2-4-6-13)17(20)14-7-8-15-10-18-11-16(15)9-14;/h7-9,13,18H,2-6,10-12H2,1H3;1H. The van der Waals surface area contributed by atoms with Gasteiger partial charge in [0.05, 0.1) is 0 Å². The molecule has 1 fully saturated rings. The molecule has 1 N–H and O–H groups in total. The molecule has 3 nitrogen and oxygen atoms in total. The molecule has 0 spiro atoms. The van der Waals surface area contributed by atoms with E-state index in [1.165, 1.54) is 43.2 Å². The van der Waals surface area contributed by atoms with Crippen LogP contribution in [0.25, 0.3) is 0 Å². The molecule has 1 amide bonds. The predicted molar refractivity (Wildman–Crippen MR) is 87.8 cm³/mol. The second-order valence-electron chi connectivity index (χ2n) is 6.28. The zero-order valence-corrected chi connectivity index (χ0v) is 13.5. The molecule has 116 valence electrons. The maximum absolute atomic E-state index is 12.5. The van der Waals surface area contributed by atoms with E-state index >= 15 is 0 Å². The summed E-state index contributed by atoms with van der Waals surface area (Å²) in [4.78, 5) is 14.4. The molecule has 1 heterocycles. The summed E-state index contributed by atoms with van der Waals surface area (Å²) in [7, 11) is 1.95. The summed E-state index contributed by atoms with van der Waals surface area (Å²) in [6.45, 7) is 2.73. The van der Waals surface area contributed by atoms with Gasteiger partial charge in [-0.15, -0.1) is 12.4 Å². The van der Waals surface area contributed by atoms with Crippen molar-refractivity contribution in [3.63, 3.8) is 0 Å². The lowest BCUT2D eigenvalue weighted by molar-refractivity contribution is 0.0760. The summed E-state index contributed by atoms with van der Waals surface area (Å²) in [5, 5.41) is 3.32. The SMILES string of the molecule is CN(CC1CCCCC1)C(=O)c1ccc2c(c1)CNC2.Cl. The zero-order chi connectivity index (χ0) is 13.9. The number of nitrogens with zero attached hydrogens (tertiary/aromatic N) is 1. The first kappa shape index (κ1) is 16.3. The van der Waals surface area contributed by atoms with Crippen molar-refractivity contribution in [2.75, 3.05) is 13.6 Å². The average molecular weight is 309 g/mol. The fraction of sp³-hybridized carbons (Fsp3) is 0.588. The van der Waals surface area contributed by atoms with E-state index in [1.807, 2.05) is 18.0 Å². The quantitative estimate of drug-likeness (QED) is 0.928. The molecule has 4 heteroatoms. The number of amides is 1. The Labute approximate surface area is 133 Å². The fourth-order valence-electron chi connectivity index (χ4n) is 3.49. The highest BCUT2D eigenvalue weighted by atomic mass is 35.5. The Kier molecular flexibility index (Phi) is 5.65. The zero-order valence-electron chi connectivity index (χ0n) is 12.7. The maximum Gasteiger partial charge on any atom is 0.253 e. The van der Waals surface area contributed by atoms with E-state index in [1.54, 1.807) is 0 Å². The van der Waals surface area contributed by atoms with Gasteiger partial charge in [0.1, 0.15) is 0 Å². The van der Waals surface area contributed by atoms with Gasteiger partial charge in [-0.3, -0.25) is 4.79 Å². The Morgan fingerprint density at radius 2 is 1.90 bits per heavy atom. The lowest BCUT2D eigenvalue weighted by Gasteiger charge is -2.27. The summed E-state index contributed by atoms with van der Waals surface area (Å²) in [5.41, 5.74) is 3.45. The van der Waals surface area contributed by atoms with Crippen LogP contribution < -0.4 is 5.32 Å². The van der Waals surface area contributed by atoms with E-state index in [2.05, 4.69) is 17.4 Å². The molecular formula is C17H25ClN2O. The third kappa shape index (κ3) is 3.78. The number of fused-ring (bicyclic) bond motifs is 1. The molecule has 1 aromatic carbocycles. The molecular weight excluding hydrogens is 284 g/mol. The monoisotopic (exact) mass is 308 g/mol. The summed E-state index contributed by atoms with van der Waals surface area (Å²) in [6.07, 6.45) is 6.60. The second kappa shape index (κ2) is 7.28. The van der Waals surface area contributed by atoms with E-state index in [-0.39, 0.29) is 18.3 Å². The summed E-state index contributed by atoms with van der Waals surface area (Å²) >= 11 is 0. The highest BCUT2D eigenvalue weighted by molar-refractivity contribution is 5.94. The van der Waals surface area contributed by atoms with E-state index in [4.69, 9.17) is 0 Å². The van der Waals surface area contributed by atoms with Crippen LogP contribution in [-0.4, -0.2) is 24.4 Å². The van der Waals surface area contributed by atoms with Crippen LogP contribution in [0.3, 0.4) is 0 Å². The molecule has 21 heavy (non-hydrogen) atoms. The van der Waals surface area contributed by atoms with Crippen LogP contribution >= 0.6 is 12.4 Å². The van der Waals surface area contributed by atoms with Gasteiger partial charge in [-0.05, 0) is 42.0 Å². The van der Waals surface area contributed by atoms with Crippen molar-refractivity contribution in [3.8, 4) is 0 Å². The number of rotatable bonds is 3. The van der Waals surface area contributed by atoms with Gasteiger partial charge in [0.25, 0.3) is 5.91 Å². The first-order valence-corrected chi connectivity index (χ1v) is 7.82. The van der Waals surface area contributed by atoms with Crippen LogP contribution in [0.15, 0.2) is 18.2 Å². The number of carbonyl (C=O) groups is 1. The van der Waals surface area contributed by atoms with E-state index in [9.17, 15) is 4.79 Å². The highest BCUT2D eigenvalue weighted by Crippen LogP contribution is 2.25. The first-order chi connectivity index (χ1) is 9.74. The van der Waals surface area contributed by atoms with Gasteiger partial charge in [0.2, 0.25) is 0 Å². The molecule has 1 aliphatic carbocycles. The van der Waals surface area contributed by atoms with Gasteiger partial charge < -0.3 is 10.2 Å². The molecule has 1 aromatic rings. The maximum atomic E-state index is 12.5. The summed E-state index contributed by atoms with van der Waals surface area (Å²) in [5.74, 6) is 0.874. The minimum atomic E-state index is 0. The van der Waals surface area contributed by atoms with Crippen LogP contribution in [0.2, 0.25) is 0 Å². The van der Waals surface area contributed by atoms with Gasteiger partial charge in [-0.25, -0.2) is 0 Å². The predicted octanol–water partition coefficient (Wildman–Crippen LogP) is 3.36. The van der Waals surface area contributed by atoms with Gasteiger partial charge >= 0.3 is 0 Å². The fourth-order valence-corrected chi connectivity index (χ4v) is 3.49. The van der Waals surface area contributed by atoms with Gasteiger partial charge in [-0.2, -0.15) is 0 Å². The number of carbonyl (C=O) groups excluding carboxylic acids is 1. The number of nitrogens with one attached hydrogen (secondary N) is 1.